The van der Waals surface area contributed by atoms with E-state index in [0.29, 0.717) is 5.56 Å². The van der Waals surface area contributed by atoms with Crippen LogP contribution in [0.3, 0.4) is 0 Å². The molecule has 1 N–H and O–H groups in total. The Morgan fingerprint density at radius 1 is 0.963 bits per heavy atom. The molecule has 7 heteroatoms. The third kappa shape index (κ3) is 4.51. The Labute approximate surface area is 157 Å². The van der Waals surface area contributed by atoms with Crippen LogP contribution in [-0.4, -0.2) is 40.3 Å². The average Bonchev–Trinajstić information content (AvgIpc) is 2.71. The van der Waals surface area contributed by atoms with Crippen molar-refractivity contribution < 1.29 is 29.1 Å². The Hall–Kier alpha value is -3.19. The van der Waals surface area contributed by atoms with E-state index in [1.54, 1.807) is 55.5 Å². The summed E-state index contributed by atoms with van der Waals surface area (Å²) in [6.45, 7) is 2.52. The van der Waals surface area contributed by atoms with Gasteiger partial charge in [0.25, 0.3) is 0 Å². The van der Waals surface area contributed by atoms with E-state index in [1.165, 1.54) is 12.1 Å². The highest BCUT2D eigenvalue weighted by Crippen LogP contribution is 2.23. The average molecular weight is 371 g/mol. The molecule has 7 nitrogen and oxygen atoms in total. The summed E-state index contributed by atoms with van der Waals surface area (Å²) in [6, 6.07) is 16.7. The Bertz CT molecular complexity index is 793. The molecule has 0 spiro atoms. The summed E-state index contributed by atoms with van der Waals surface area (Å²) in [6.07, 6.45) is -1.24. The number of hydrogen-bond donors (Lipinski definition) is 1. The number of nitrogens with zero attached hydrogens (tertiary/aromatic N) is 1. The summed E-state index contributed by atoms with van der Waals surface area (Å²) < 4.78 is 9.94. The van der Waals surface area contributed by atoms with Crippen molar-refractivity contribution in [3.8, 4) is 0 Å². The molecule has 1 amide bonds. The number of benzene rings is 2. The summed E-state index contributed by atoms with van der Waals surface area (Å²) >= 11 is 0. The number of ketones is 1. The van der Waals surface area contributed by atoms with Gasteiger partial charge >= 0.3 is 12.1 Å². The first-order valence-electron chi connectivity index (χ1n) is 8.38. The topological polar surface area (TPSA) is 93.1 Å². The van der Waals surface area contributed by atoms with Crippen LogP contribution in [0.15, 0.2) is 60.7 Å². The maximum Gasteiger partial charge on any atom is 0.435 e. The van der Waals surface area contributed by atoms with Gasteiger partial charge in [-0.2, -0.15) is 5.06 Å². The van der Waals surface area contributed by atoms with Gasteiger partial charge in [0.15, 0.2) is 0 Å². The van der Waals surface area contributed by atoms with Crippen LogP contribution in [0.25, 0.3) is 0 Å². The van der Waals surface area contributed by atoms with E-state index in [2.05, 4.69) is 0 Å². The van der Waals surface area contributed by atoms with Crippen LogP contribution >= 0.6 is 0 Å². The molecule has 2 rings (SSSR count). The predicted molar refractivity (Wildman–Crippen MR) is 96.1 cm³/mol. The largest absolute Gasteiger partial charge is 0.464 e. The number of Topliss-reactive ketones (excluding diaryl/α,β-unsaturated/α-hetero) is 1. The lowest BCUT2D eigenvalue weighted by Crippen LogP contribution is -2.59. The number of carbonyl (C=O) groups is 3. The van der Waals surface area contributed by atoms with Crippen LogP contribution in [0.4, 0.5) is 4.79 Å². The zero-order chi connectivity index (χ0) is 19.9. The van der Waals surface area contributed by atoms with Crippen molar-refractivity contribution in [3.63, 3.8) is 0 Å². The minimum absolute atomic E-state index is 0.0106. The number of hydroxylamine groups is 2. The molecule has 0 saturated heterocycles. The second kappa shape index (κ2) is 8.95. The first-order valence-corrected chi connectivity index (χ1v) is 8.38. The second-order valence-electron chi connectivity index (χ2n) is 5.84. The number of carbonyl (C=O) groups excluding carboxylic acids is 3. The fourth-order valence-electron chi connectivity index (χ4n) is 2.38. The van der Waals surface area contributed by atoms with Gasteiger partial charge in [-0.25, -0.2) is 9.59 Å². The molecule has 0 fully saturated rings. The fraction of sp³-hybridized carbons (Fsp3) is 0.250. The molecule has 0 radical (unpaired) electrons. The molecular formula is C20H21NO6. The molecule has 27 heavy (non-hydrogen) atoms. The van der Waals surface area contributed by atoms with Crippen LogP contribution in [0.1, 0.15) is 29.8 Å². The minimum atomic E-state index is -2.29. The van der Waals surface area contributed by atoms with Gasteiger partial charge in [0.1, 0.15) is 6.61 Å². The summed E-state index contributed by atoms with van der Waals surface area (Å²) in [5.41, 5.74) is -1.46. The lowest BCUT2D eigenvalue weighted by atomic mass is 9.91. The molecule has 0 bridgehead atoms. The van der Waals surface area contributed by atoms with Crippen LogP contribution in [0.5, 0.6) is 0 Å². The SMILES string of the molecule is CCOC(=O)[C@@](C)(C(=O)c1ccccc1)N(O)C(=O)OCc1ccccc1. The molecule has 0 unspecified atom stereocenters. The number of rotatable bonds is 7. The summed E-state index contributed by atoms with van der Waals surface area (Å²) in [5.74, 6) is -1.85. The van der Waals surface area contributed by atoms with E-state index >= 15 is 0 Å². The lowest BCUT2D eigenvalue weighted by Gasteiger charge is -2.32. The van der Waals surface area contributed by atoms with Gasteiger partial charge in [0.2, 0.25) is 11.3 Å². The summed E-state index contributed by atoms with van der Waals surface area (Å²) in [7, 11) is 0. The van der Waals surface area contributed by atoms with Gasteiger partial charge in [-0.1, -0.05) is 60.7 Å². The highest BCUT2D eigenvalue weighted by atomic mass is 16.6. The molecule has 0 aromatic heterocycles. The van der Waals surface area contributed by atoms with E-state index in [9.17, 15) is 19.6 Å². The van der Waals surface area contributed by atoms with Gasteiger partial charge in [-0.3, -0.25) is 10.0 Å². The maximum atomic E-state index is 12.9. The second-order valence-corrected chi connectivity index (χ2v) is 5.84. The van der Waals surface area contributed by atoms with Crippen molar-refractivity contribution >= 4 is 17.8 Å². The molecule has 0 aliphatic heterocycles. The number of ether oxygens (including phenoxy) is 2. The molecule has 142 valence electrons. The fourth-order valence-corrected chi connectivity index (χ4v) is 2.38. The van der Waals surface area contributed by atoms with E-state index < -0.39 is 23.4 Å². The molecule has 1 atom stereocenters. The first-order chi connectivity index (χ1) is 12.9. The van der Waals surface area contributed by atoms with Gasteiger partial charge < -0.3 is 9.47 Å². The molecule has 2 aromatic rings. The molecule has 0 aliphatic carbocycles. The molecule has 0 saturated carbocycles. The Morgan fingerprint density at radius 2 is 1.52 bits per heavy atom. The highest BCUT2D eigenvalue weighted by Gasteiger charge is 2.51. The normalized spacial score (nSPS) is 12.6. The molecule has 2 aromatic carbocycles. The number of esters is 1. The Kier molecular flexibility index (Phi) is 6.67. The minimum Gasteiger partial charge on any atom is -0.464 e. The van der Waals surface area contributed by atoms with Crippen LogP contribution < -0.4 is 0 Å². The lowest BCUT2D eigenvalue weighted by molar-refractivity contribution is -0.177. The highest BCUT2D eigenvalue weighted by molar-refractivity contribution is 6.17. The molecule has 0 aliphatic rings. The van der Waals surface area contributed by atoms with Crippen molar-refractivity contribution in [1.29, 1.82) is 0 Å². The zero-order valence-corrected chi connectivity index (χ0v) is 15.1. The van der Waals surface area contributed by atoms with Crippen molar-refractivity contribution in [1.82, 2.24) is 5.06 Å². The predicted octanol–water partition coefficient (Wildman–Crippen LogP) is 3.22. The zero-order valence-electron chi connectivity index (χ0n) is 15.1. The Morgan fingerprint density at radius 3 is 2.07 bits per heavy atom. The number of hydrogen-bond acceptors (Lipinski definition) is 6. The molecule has 0 heterocycles. The van der Waals surface area contributed by atoms with E-state index in [4.69, 9.17) is 9.47 Å². The van der Waals surface area contributed by atoms with Gasteiger partial charge in [0, 0.05) is 5.56 Å². The van der Waals surface area contributed by atoms with Crippen molar-refractivity contribution in [2.45, 2.75) is 26.0 Å². The van der Waals surface area contributed by atoms with Crippen LogP contribution in [-0.2, 0) is 20.9 Å². The van der Waals surface area contributed by atoms with E-state index in [0.717, 1.165) is 6.92 Å². The monoisotopic (exact) mass is 371 g/mol. The maximum absolute atomic E-state index is 12.9. The summed E-state index contributed by atoms with van der Waals surface area (Å²) in [4.78, 5) is 37.6. The van der Waals surface area contributed by atoms with Gasteiger partial charge in [-0.15, -0.1) is 0 Å². The third-order valence-corrected chi connectivity index (χ3v) is 3.95. The summed E-state index contributed by atoms with van der Waals surface area (Å²) in [5, 5.41) is 10.4. The quantitative estimate of drug-likeness (QED) is 0.264. The third-order valence-electron chi connectivity index (χ3n) is 3.95. The standard InChI is InChI=1S/C20H21NO6/c1-3-26-18(23)20(2,17(22)16-12-8-5-9-13-16)21(25)19(24)27-14-15-10-6-4-7-11-15/h4-13,25H,3,14H2,1-2H3/t20-/m1/s1. The van der Waals surface area contributed by atoms with Crippen molar-refractivity contribution in [2.24, 2.45) is 0 Å². The smallest absolute Gasteiger partial charge is 0.435 e. The Balaban J connectivity index is 2.25. The van der Waals surface area contributed by atoms with Gasteiger partial charge in [0.05, 0.1) is 6.61 Å². The van der Waals surface area contributed by atoms with E-state index in [1.807, 2.05) is 0 Å². The van der Waals surface area contributed by atoms with Crippen LogP contribution in [0, 0.1) is 0 Å². The van der Waals surface area contributed by atoms with Crippen molar-refractivity contribution in [2.75, 3.05) is 6.61 Å². The van der Waals surface area contributed by atoms with Crippen molar-refractivity contribution in [3.05, 3.63) is 71.8 Å². The van der Waals surface area contributed by atoms with E-state index in [-0.39, 0.29) is 23.8 Å². The van der Waals surface area contributed by atoms with Gasteiger partial charge in [-0.05, 0) is 19.4 Å². The number of amides is 1. The molecular weight excluding hydrogens is 350 g/mol. The van der Waals surface area contributed by atoms with Crippen LogP contribution in [0.2, 0.25) is 0 Å². The first kappa shape index (κ1) is 20.1.